The van der Waals surface area contributed by atoms with Crippen LogP contribution >= 0.6 is 0 Å². The molecule has 2 unspecified atom stereocenters. The largest absolute Gasteiger partial charge is 0.411 e. The molecule has 2 rings (SSSR count). The topological polar surface area (TPSA) is 41.8 Å². The molecule has 3 heteroatoms. The second-order valence-corrected chi connectivity index (χ2v) is 3.89. The molecular weight excluding hydrogens is 142 g/mol. The van der Waals surface area contributed by atoms with E-state index in [1.807, 2.05) is 0 Å². The second-order valence-electron chi connectivity index (χ2n) is 3.89. The predicted molar refractivity (Wildman–Crippen MR) is 40.8 cm³/mol. The van der Waals surface area contributed by atoms with E-state index in [1.54, 1.807) is 0 Å². The lowest BCUT2D eigenvalue weighted by atomic mass is 9.60. The lowest BCUT2D eigenvalue weighted by Gasteiger charge is -2.46. The molecular formula is C8H13NO2. The normalized spacial score (nSPS) is 43.6. The molecule has 2 aliphatic rings. The third-order valence-electron chi connectivity index (χ3n) is 2.92. The van der Waals surface area contributed by atoms with Gasteiger partial charge in [-0.2, -0.15) is 0 Å². The summed E-state index contributed by atoms with van der Waals surface area (Å²) in [5.41, 5.74) is 0.885. The molecule has 1 heterocycles. The molecule has 1 aliphatic heterocycles. The molecule has 3 nitrogen and oxygen atoms in total. The smallest absolute Gasteiger partial charge is 0.0762 e. The standard InChI is InChI=1S/C8H13NO2/c1-8(2)6(9-10)5-3-4-11-7(5)8/h5,7,10H,3-4H2,1-2H3/b9-6+. The zero-order valence-corrected chi connectivity index (χ0v) is 6.87. The highest BCUT2D eigenvalue weighted by Gasteiger charge is 2.57. The van der Waals surface area contributed by atoms with Crippen molar-refractivity contribution in [1.29, 1.82) is 0 Å². The van der Waals surface area contributed by atoms with E-state index >= 15 is 0 Å². The van der Waals surface area contributed by atoms with Crippen LogP contribution in [0.2, 0.25) is 0 Å². The van der Waals surface area contributed by atoms with Gasteiger partial charge in [0.15, 0.2) is 0 Å². The summed E-state index contributed by atoms with van der Waals surface area (Å²) in [6, 6.07) is 0. The molecule has 1 saturated heterocycles. The van der Waals surface area contributed by atoms with Crippen molar-refractivity contribution in [3.05, 3.63) is 0 Å². The fourth-order valence-electron chi connectivity index (χ4n) is 2.31. The van der Waals surface area contributed by atoms with Crippen molar-refractivity contribution in [1.82, 2.24) is 0 Å². The Bertz CT molecular complexity index is 210. The minimum atomic E-state index is -0.0318. The predicted octanol–water partition coefficient (Wildman–Crippen LogP) is 1.26. The molecule has 62 valence electrons. The minimum Gasteiger partial charge on any atom is -0.411 e. The van der Waals surface area contributed by atoms with Gasteiger partial charge in [-0.05, 0) is 6.42 Å². The van der Waals surface area contributed by atoms with Crippen molar-refractivity contribution in [2.24, 2.45) is 16.5 Å². The van der Waals surface area contributed by atoms with Crippen molar-refractivity contribution in [3.63, 3.8) is 0 Å². The molecule has 0 aromatic heterocycles. The van der Waals surface area contributed by atoms with Crippen molar-refractivity contribution >= 4 is 5.71 Å². The lowest BCUT2D eigenvalue weighted by Crippen LogP contribution is -2.56. The Kier molecular flexibility index (Phi) is 1.27. The Hall–Kier alpha value is -0.570. The van der Waals surface area contributed by atoms with E-state index in [2.05, 4.69) is 19.0 Å². The highest BCUT2D eigenvalue weighted by atomic mass is 16.5. The Labute approximate surface area is 66.0 Å². The monoisotopic (exact) mass is 155 g/mol. The zero-order valence-electron chi connectivity index (χ0n) is 6.87. The quantitative estimate of drug-likeness (QED) is 0.422. The number of fused-ring (bicyclic) bond motifs is 1. The van der Waals surface area contributed by atoms with E-state index in [4.69, 9.17) is 9.94 Å². The molecule has 0 radical (unpaired) electrons. The van der Waals surface area contributed by atoms with Gasteiger partial charge in [-0.15, -0.1) is 0 Å². The highest BCUT2D eigenvalue weighted by Crippen LogP contribution is 2.49. The van der Waals surface area contributed by atoms with Crippen LogP contribution in [0, 0.1) is 11.3 Å². The van der Waals surface area contributed by atoms with Crippen LogP contribution in [-0.4, -0.2) is 23.6 Å². The fourth-order valence-corrected chi connectivity index (χ4v) is 2.31. The third kappa shape index (κ3) is 0.692. The first-order chi connectivity index (χ1) is 5.18. The molecule has 0 aromatic carbocycles. The summed E-state index contributed by atoms with van der Waals surface area (Å²) >= 11 is 0. The summed E-state index contributed by atoms with van der Waals surface area (Å²) in [4.78, 5) is 0. The first-order valence-corrected chi connectivity index (χ1v) is 4.02. The minimum absolute atomic E-state index is 0.0318. The van der Waals surface area contributed by atoms with E-state index in [0.717, 1.165) is 18.7 Å². The molecule has 0 spiro atoms. The van der Waals surface area contributed by atoms with Gasteiger partial charge in [0.2, 0.25) is 0 Å². The van der Waals surface area contributed by atoms with Gasteiger partial charge in [0.25, 0.3) is 0 Å². The molecule has 1 N–H and O–H groups in total. The first-order valence-electron chi connectivity index (χ1n) is 4.02. The number of oxime groups is 1. The summed E-state index contributed by atoms with van der Waals surface area (Å²) in [5.74, 6) is 0.398. The average molecular weight is 155 g/mol. The van der Waals surface area contributed by atoms with Gasteiger partial charge in [-0.3, -0.25) is 0 Å². The molecule has 0 aromatic rings. The fraction of sp³-hybridized carbons (Fsp3) is 0.875. The van der Waals surface area contributed by atoms with Crippen LogP contribution in [0.1, 0.15) is 20.3 Å². The maximum absolute atomic E-state index is 8.70. The summed E-state index contributed by atoms with van der Waals surface area (Å²) in [5, 5.41) is 12.0. The molecule has 11 heavy (non-hydrogen) atoms. The summed E-state index contributed by atoms with van der Waals surface area (Å²) in [6.45, 7) is 4.95. The second kappa shape index (κ2) is 1.97. The maximum atomic E-state index is 8.70. The van der Waals surface area contributed by atoms with E-state index in [0.29, 0.717) is 12.0 Å². The van der Waals surface area contributed by atoms with Gasteiger partial charge >= 0.3 is 0 Å². The van der Waals surface area contributed by atoms with Gasteiger partial charge in [0.05, 0.1) is 11.8 Å². The molecule has 1 aliphatic carbocycles. The molecule has 0 bridgehead atoms. The zero-order chi connectivity index (χ0) is 8.06. The van der Waals surface area contributed by atoms with E-state index < -0.39 is 0 Å². The Morgan fingerprint density at radius 3 is 3.00 bits per heavy atom. The molecule has 0 amide bonds. The van der Waals surface area contributed by atoms with Crippen LogP contribution in [0.25, 0.3) is 0 Å². The first kappa shape index (κ1) is 7.10. The number of rotatable bonds is 0. The third-order valence-corrected chi connectivity index (χ3v) is 2.92. The Balaban J connectivity index is 2.26. The van der Waals surface area contributed by atoms with E-state index in [9.17, 15) is 0 Å². The van der Waals surface area contributed by atoms with Crippen molar-refractivity contribution < 1.29 is 9.94 Å². The van der Waals surface area contributed by atoms with Crippen LogP contribution in [0.5, 0.6) is 0 Å². The molecule has 2 atom stereocenters. The number of nitrogens with zero attached hydrogens (tertiary/aromatic N) is 1. The number of hydrogen-bond acceptors (Lipinski definition) is 3. The maximum Gasteiger partial charge on any atom is 0.0762 e. The molecule has 2 fully saturated rings. The lowest BCUT2D eigenvalue weighted by molar-refractivity contribution is 0.00753. The van der Waals surface area contributed by atoms with Gasteiger partial charge in [0, 0.05) is 17.9 Å². The van der Waals surface area contributed by atoms with Crippen LogP contribution < -0.4 is 0 Å². The van der Waals surface area contributed by atoms with Crippen LogP contribution in [0.4, 0.5) is 0 Å². The van der Waals surface area contributed by atoms with Gasteiger partial charge < -0.3 is 9.94 Å². The summed E-state index contributed by atoms with van der Waals surface area (Å²) in [7, 11) is 0. The highest BCUT2D eigenvalue weighted by molar-refractivity contribution is 5.98. The number of ether oxygens (including phenoxy) is 1. The number of hydrogen-bond donors (Lipinski definition) is 1. The summed E-state index contributed by atoms with van der Waals surface area (Å²) < 4.78 is 5.51. The SMILES string of the molecule is CC1(C)/C(=N/O)C2CCOC21. The van der Waals surface area contributed by atoms with Crippen LogP contribution in [-0.2, 0) is 4.74 Å². The van der Waals surface area contributed by atoms with Crippen LogP contribution in [0.15, 0.2) is 5.16 Å². The van der Waals surface area contributed by atoms with Gasteiger partial charge in [-0.25, -0.2) is 0 Å². The van der Waals surface area contributed by atoms with Gasteiger partial charge in [0.1, 0.15) is 0 Å². The van der Waals surface area contributed by atoms with E-state index in [-0.39, 0.29) is 5.41 Å². The van der Waals surface area contributed by atoms with E-state index in [1.165, 1.54) is 0 Å². The van der Waals surface area contributed by atoms with Gasteiger partial charge in [-0.1, -0.05) is 19.0 Å². The average Bonchev–Trinajstić information content (AvgIpc) is 2.34. The Morgan fingerprint density at radius 2 is 2.36 bits per heavy atom. The van der Waals surface area contributed by atoms with Crippen molar-refractivity contribution in [2.75, 3.05) is 6.61 Å². The Morgan fingerprint density at radius 1 is 1.64 bits per heavy atom. The molecule has 1 saturated carbocycles. The van der Waals surface area contributed by atoms with Crippen LogP contribution in [0.3, 0.4) is 0 Å². The van der Waals surface area contributed by atoms with Crippen molar-refractivity contribution in [2.45, 2.75) is 26.4 Å². The van der Waals surface area contributed by atoms with Crippen molar-refractivity contribution in [3.8, 4) is 0 Å². The summed E-state index contributed by atoms with van der Waals surface area (Å²) in [6.07, 6.45) is 1.32.